The van der Waals surface area contributed by atoms with Gasteiger partial charge in [-0.25, -0.2) is 13.1 Å². The molecule has 0 atom stereocenters. The van der Waals surface area contributed by atoms with Crippen LogP contribution in [0.1, 0.15) is 34.2 Å². The minimum Gasteiger partial charge on any atom is -0.353 e. The van der Waals surface area contributed by atoms with Gasteiger partial charge in [0.05, 0.1) is 4.90 Å². The molecule has 0 aliphatic carbocycles. The first-order valence-electron chi connectivity index (χ1n) is 7.57. The van der Waals surface area contributed by atoms with Crippen molar-refractivity contribution in [2.75, 3.05) is 13.1 Å². The number of hydrogen-bond acceptors (Lipinski definition) is 3. The van der Waals surface area contributed by atoms with Crippen molar-refractivity contribution >= 4 is 15.9 Å². The third kappa shape index (κ3) is 4.42. The Bertz CT molecular complexity index is 693. The first-order chi connectivity index (χ1) is 10.6. The molecule has 23 heavy (non-hydrogen) atoms. The number of hydrogen-bond donors (Lipinski definition) is 2. The Morgan fingerprint density at radius 3 is 1.96 bits per heavy atom. The fourth-order valence-electron chi connectivity index (χ4n) is 2.51. The number of nitrogens with one attached hydrogen (secondary N) is 2. The van der Waals surface area contributed by atoms with E-state index in [0.29, 0.717) is 11.4 Å². The van der Waals surface area contributed by atoms with Gasteiger partial charge in [-0.05, 0) is 62.4 Å². The van der Waals surface area contributed by atoms with Crippen LogP contribution in [0, 0.1) is 34.6 Å². The molecule has 0 aliphatic rings. The summed E-state index contributed by atoms with van der Waals surface area (Å²) >= 11 is 0. The van der Waals surface area contributed by atoms with Gasteiger partial charge >= 0.3 is 0 Å². The Morgan fingerprint density at radius 2 is 1.48 bits per heavy atom. The van der Waals surface area contributed by atoms with Crippen LogP contribution in [0.3, 0.4) is 0 Å². The van der Waals surface area contributed by atoms with Crippen molar-refractivity contribution in [1.82, 2.24) is 10.0 Å². The smallest absolute Gasteiger partial charge is 0.241 e. The van der Waals surface area contributed by atoms with E-state index in [9.17, 15) is 13.2 Å². The lowest BCUT2D eigenvalue weighted by molar-refractivity contribution is -0.120. The fraction of sp³-hybridized carbons (Fsp3) is 0.471. The zero-order valence-electron chi connectivity index (χ0n) is 14.5. The van der Waals surface area contributed by atoms with E-state index >= 15 is 0 Å². The van der Waals surface area contributed by atoms with Gasteiger partial charge in [-0.3, -0.25) is 4.79 Å². The maximum absolute atomic E-state index is 12.6. The standard InChI is InChI=1S/C17H26N2O3S/c1-7-9-18-16(20)8-10-19-23(21,22)17-14(5)12(3)11(2)13(4)15(17)6/h7,19H,1,8-10H2,2-6H3,(H,18,20). The summed E-state index contributed by atoms with van der Waals surface area (Å²) in [6.45, 7) is 13.4. The summed E-state index contributed by atoms with van der Waals surface area (Å²) in [5.74, 6) is -0.211. The Balaban J connectivity index is 2.98. The number of sulfonamides is 1. The van der Waals surface area contributed by atoms with Crippen LogP contribution in [0.25, 0.3) is 0 Å². The van der Waals surface area contributed by atoms with Crippen LogP contribution in [0.5, 0.6) is 0 Å². The molecule has 5 nitrogen and oxygen atoms in total. The summed E-state index contributed by atoms with van der Waals surface area (Å²) in [6.07, 6.45) is 1.67. The van der Waals surface area contributed by atoms with E-state index in [1.54, 1.807) is 6.08 Å². The van der Waals surface area contributed by atoms with E-state index in [4.69, 9.17) is 0 Å². The third-order valence-electron chi connectivity index (χ3n) is 4.29. The first kappa shape index (κ1) is 19.4. The molecule has 0 saturated carbocycles. The highest BCUT2D eigenvalue weighted by Gasteiger charge is 2.23. The fourth-order valence-corrected chi connectivity index (χ4v) is 4.14. The summed E-state index contributed by atoms with van der Waals surface area (Å²) in [5.41, 5.74) is 4.60. The van der Waals surface area contributed by atoms with Crippen LogP contribution in [0.2, 0.25) is 0 Å². The van der Waals surface area contributed by atoms with E-state index in [-0.39, 0.29) is 18.9 Å². The van der Waals surface area contributed by atoms with E-state index in [1.807, 2.05) is 34.6 Å². The molecule has 1 aromatic rings. The SMILES string of the molecule is C=CCNC(=O)CCNS(=O)(=O)c1c(C)c(C)c(C)c(C)c1C. The maximum Gasteiger partial charge on any atom is 0.241 e. The van der Waals surface area contributed by atoms with Gasteiger partial charge in [-0.1, -0.05) is 6.08 Å². The van der Waals surface area contributed by atoms with Crippen LogP contribution in [-0.4, -0.2) is 27.4 Å². The predicted molar refractivity (Wildman–Crippen MR) is 93.1 cm³/mol. The van der Waals surface area contributed by atoms with Crippen molar-refractivity contribution in [1.29, 1.82) is 0 Å². The number of carbonyl (C=O) groups is 1. The van der Waals surface area contributed by atoms with Gasteiger partial charge in [-0.15, -0.1) is 6.58 Å². The van der Waals surface area contributed by atoms with Crippen molar-refractivity contribution < 1.29 is 13.2 Å². The zero-order valence-corrected chi connectivity index (χ0v) is 15.4. The second kappa shape index (κ2) is 7.75. The Kier molecular flexibility index (Phi) is 6.53. The number of amides is 1. The maximum atomic E-state index is 12.6. The van der Waals surface area contributed by atoms with Crippen LogP contribution < -0.4 is 10.0 Å². The molecule has 0 aliphatic heterocycles. The van der Waals surface area contributed by atoms with E-state index in [2.05, 4.69) is 16.6 Å². The molecule has 6 heteroatoms. The normalized spacial score (nSPS) is 11.3. The van der Waals surface area contributed by atoms with Crippen LogP contribution in [-0.2, 0) is 14.8 Å². The quantitative estimate of drug-likeness (QED) is 0.749. The van der Waals surface area contributed by atoms with Crippen molar-refractivity contribution in [2.24, 2.45) is 0 Å². The topological polar surface area (TPSA) is 75.3 Å². The second-order valence-electron chi connectivity index (χ2n) is 5.69. The molecule has 0 saturated heterocycles. The summed E-state index contributed by atoms with van der Waals surface area (Å²) in [6, 6.07) is 0. The van der Waals surface area contributed by atoms with Gasteiger partial charge in [-0.2, -0.15) is 0 Å². The monoisotopic (exact) mass is 338 g/mol. The molecule has 0 fully saturated rings. The van der Waals surface area contributed by atoms with Gasteiger partial charge in [0, 0.05) is 19.5 Å². The molecule has 1 amide bonds. The minimum absolute atomic E-state index is 0.0656. The molecule has 0 aromatic heterocycles. The Labute approximate surface area is 139 Å². The van der Waals surface area contributed by atoms with Gasteiger partial charge in [0.2, 0.25) is 15.9 Å². The highest BCUT2D eigenvalue weighted by molar-refractivity contribution is 7.89. The zero-order chi connectivity index (χ0) is 17.8. The average Bonchev–Trinajstić information content (AvgIpc) is 2.48. The average molecular weight is 338 g/mol. The van der Waals surface area contributed by atoms with Crippen molar-refractivity contribution in [3.05, 3.63) is 40.5 Å². The molecular formula is C17H26N2O3S. The molecule has 0 heterocycles. The van der Waals surface area contributed by atoms with E-state index in [1.165, 1.54) is 0 Å². The minimum atomic E-state index is -3.65. The van der Waals surface area contributed by atoms with Crippen LogP contribution >= 0.6 is 0 Å². The van der Waals surface area contributed by atoms with Gasteiger partial charge in [0.15, 0.2) is 0 Å². The highest BCUT2D eigenvalue weighted by atomic mass is 32.2. The molecule has 1 rings (SSSR count). The molecule has 0 radical (unpaired) electrons. The van der Waals surface area contributed by atoms with E-state index < -0.39 is 10.0 Å². The molecule has 2 N–H and O–H groups in total. The molecule has 0 bridgehead atoms. The lowest BCUT2D eigenvalue weighted by Gasteiger charge is -2.19. The van der Waals surface area contributed by atoms with Gasteiger partial charge < -0.3 is 5.32 Å². The molecule has 0 spiro atoms. The van der Waals surface area contributed by atoms with Crippen molar-refractivity contribution in [2.45, 2.75) is 45.9 Å². The molecule has 128 valence electrons. The van der Waals surface area contributed by atoms with Gasteiger partial charge in [0.1, 0.15) is 0 Å². The summed E-state index contributed by atoms with van der Waals surface area (Å²) in [7, 11) is -3.65. The lowest BCUT2D eigenvalue weighted by atomic mass is 9.95. The summed E-state index contributed by atoms with van der Waals surface area (Å²) in [5, 5.41) is 2.61. The second-order valence-corrected chi connectivity index (χ2v) is 7.40. The molecule has 0 unspecified atom stereocenters. The van der Waals surface area contributed by atoms with Crippen LogP contribution in [0.15, 0.2) is 17.6 Å². The van der Waals surface area contributed by atoms with Gasteiger partial charge in [0.25, 0.3) is 0 Å². The number of benzene rings is 1. The third-order valence-corrected chi connectivity index (χ3v) is 6.02. The van der Waals surface area contributed by atoms with Crippen LogP contribution in [0.4, 0.5) is 0 Å². The lowest BCUT2D eigenvalue weighted by Crippen LogP contribution is -2.31. The summed E-state index contributed by atoms with van der Waals surface area (Å²) < 4.78 is 27.8. The molecular weight excluding hydrogens is 312 g/mol. The Morgan fingerprint density at radius 1 is 1.00 bits per heavy atom. The molecule has 1 aromatic carbocycles. The predicted octanol–water partition coefficient (Wildman–Crippen LogP) is 2.20. The largest absolute Gasteiger partial charge is 0.353 e. The van der Waals surface area contributed by atoms with Crippen molar-refractivity contribution in [3.63, 3.8) is 0 Å². The van der Waals surface area contributed by atoms with Crippen molar-refractivity contribution in [3.8, 4) is 0 Å². The summed E-state index contributed by atoms with van der Waals surface area (Å²) in [4.78, 5) is 11.8. The van der Waals surface area contributed by atoms with E-state index in [0.717, 1.165) is 27.8 Å². The first-order valence-corrected chi connectivity index (χ1v) is 9.06. The highest BCUT2D eigenvalue weighted by Crippen LogP contribution is 2.29. The number of rotatable bonds is 7. The Hall–Kier alpha value is -1.66. The number of carbonyl (C=O) groups excluding carboxylic acids is 1.